The maximum atomic E-state index is 10.4. The van der Waals surface area contributed by atoms with Crippen LogP contribution in [0.2, 0.25) is 0 Å². The van der Waals surface area contributed by atoms with Crippen LogP contribution in [-0.4, -0.2) is 12.1 Å². The van der Waals surface area contributed by atoms with E-state index in [0.717, 1.165) is 25.7 Å². The van der Waals surface area contributed by atoms with Gasteiger partial charge in [0.05, 0.1) is 0 Å². The third kappa shape index (κ3) is 5.48. The summed E-state index contributed by atoms with van der Waals surface area (Å²) in [6, 6.07) is 0. The van der Waals surface area contributed by atoms with Crippen LogP contribution in [0, 0.1) is 0 Å². The molecule has 0 saturated carbocycles. The van der Waals surface area contributed by atoms with E-state index in [9.17, 15) is 9.59 Å². The Kier molecular flexibility index (Phi) is 6.03. The van der Waals surface area contributed by atoms with Crippen molar-refractivity contribution in [3.8, 4) is 0 Å². The predicted molar refractivity (Wildman–Crippen MR) is 39.8 cm³/mol. The number of Topliss-reactive ketones (excluding diaryl/α,β-unsaturated/α-hetero) is 1. The Labute approximate surface area is 61.6 Å². The van der Waals surface area contributed by atoms with Crippen molar-refractivity contribution in [3.05, 3.63) is 0 Å². The zero-order valence-electron chi connectivity index (χ0n) is 6.43. The van der Waals surface area contributed by atoms with Gasteiger partial charge in [0.25, 0.3) is 0 Å². The minimum Gasteiger partial charge on any atom is -0.295 e. The van der Waals surface area contributed by atoms with Crippen LogP contribution in [0.25, 0.3) is 0 Å². The van der Waals surface area contributed by atoms with Gasteiger partial charge in [-0.25, -0.2) is 0 Å². The second-order valence-corrected chi connectivity index (χ2v) is 2.39. The molecule has 58 valence electrons. The van der Waals surface area contributed by atoms with Crippen LogP contribution in [0.15, 0.2) is 0 Å². The molecule has 0 aromatic carbocycles. The normalized spacial score (nSPS) is 9.30. The molecule has 0 saturated heterocycles. The van der Waals surface area contributed by atoms with Crippen molar-refractivity contribution in [1.29, 1.82) is 0 Å². The lowest BCUT2D eigenvalue weighted by Crippen LogP contribution is -1.97. The fourth-order valence-electron chi connectivity index (χ4n) is 0.785. The molecule has 0 bridgehead atoms. The van der Waals surface area contributed by atoms with Crippen LogP contribution < -0.4 is 0 Å². The predicted octanol–water partition coefficient (Wildman–Crippen LogP) is 1.72. The molecule has 0 aliphatic carbocycles. The van der Waals surface area contributed by atoms with Crippen LogP contribution in [0.5, 0.6) is 0 Å². The number of aldehydes is 1. The lowest BCUT2D eigenvalue weighted by atomic mass is 10.1. The summed E-state index contributed by atoms with van der Waals surface area (Å²) in [5.74, 6) is -0.267. The van der Waals surface area contributed by atoms with Crippen LogP contribution in [0.1, 0.15) is 39.0 Å². The summed E-state index contributed by atoms with van der Waals surface area (Å²) in [6.07, 6.45) is 5.10. The smallest absolute Gasteiger partial charge is 0.195 e. The molecule has 0 aliphatic rings. The Balaban J connectivity index is 3.03. The van der Waals surface area contributed by atoms with Crippen molar-refractivity contribution in [2.75, 3.05) is 0 Å². The van der Waals surface area contributed by atoms with Crippen molar-refractivity contribution in [2.45, 2.75) is 39.0 Å². The van der Waals surface area contributed by atoms with E-state index in [2.05, 4.69) is 6.92 Å². The fourth-order valence-corrected chi connectivity index (χ4v) is 0.785. The van der Waals surface area contributed by atoms with Crippen LogP contribution >= 0.6 is 0 Å². The van der Waals surface area contributed by atoms with E-state index >= 15 is 0 Å². The summed E-state index contributed by atoms with van der Waals surface area (Å²) in [4.78, 5) is 20.2. The molecular formula is C8H14O2. The van der Waals surface area contributed by atoms with Crippen molar-refractivity contribution < 1.29 is 9.59 Å². The zero-order valence-corrected chi connectivity index (χ0v) is 6.43. The van der Waals surface area contributed by atoms with Crippen molar-refractivity contribution in [3.63, 3.8) is 0 Å². The van der Waals surface area contributed by atoms with Gasteiger partial charge in [-0.05, 0) is 6.42 Å². The van der Waals surface area contributed by atoms with E-state index in [0.29, 0.717) is 12.7 Å². The molecule has 0 unspecified atom stereocenters. The quantitative estimate of drug-likeness (QED) is 0.321. The van der Waals surface area contributed by atoms with Crippen LogP contribution in [-0.2, 0) is 9.59 Å². The number of unbranched alkanes of at least 4 members (excludes halogenated alkanes) is 3. The van der Waals surface area contributed by atoms with E-state index in [1.54, 1.807) is 0 Å². The SMILES string of the molecule is CCCCCCC(=O)C=O. The molecule has 0 aliphatic heterocycles. The Morgan fingerprint density at radius 3 is 2.50 bits per heavy atom. The monoisotopic (exact) mass is 142 g/mol. The van der Waals surface area contributed by atoms with E-state index in [1.807, 2.05) is 0 Å². The van der Waals surface area contributed by atoms with Gasteiger partial charge in [-0.15, -0.1) is 0 Å². The van der Waals surface area contributed by atoms with E-state index in [1.165, 1.54) is 0 Å². The van der Waals surface area contributed by atoms with Gasteiger partial charge in [-0.2, -0.15) is 0 Å². The molecule has 0 fully saturated rings. The van der Waals surface area contributed by atoms with Gasteiger partial charge in [-0.1, -0.05) is 26.2 Å². The average Bonchev–Trinajstić information content (AvgIpc) is 1.98. The molecular weight excluding hydrogens is 128 g/mol. The second-order valence-electron chi connectivity index (χ2n) is 2.39. The topological polar surface area (TPSA) is 34.1 Å². The molecule has 0 aromatic heterocycles. The maximum absolute atomic E-state index is 10.4. The van der Waals surface area contributed by atoms with Gasteiger partial charge in [0.15, 0.2) is 12.1 Å². The Hall–Kier alpha value is -0.660. The van der Waals surface area contributed by atoms with Crippen molar-refractivity contribution in [1.82, 2.24) is 0 Å². The van der Waals surface area contributed by atoms with E-state index in [-0.39, 0.29) is 5.78 Å². The first-order chi connectivity index (χ1) is 4.81. The average molecular weight is 142 g/mol. The van der Waals surface area contributed by atoms with Gasteiger partial charge in [0.2, 0.25) is 0 Å². The van der Waals surface area contributed by atoms with Gasteiger partial charge < -0.3 is 0 Å². The molecule has 0 spiro atoms. The van der Waals surface area contributed by atoms with Gasteiger partial charge in [0.1, 0.15) is 0 Å². The molecule has 2 nitrogen and oxygen atoms in total. The third-order valence-corrected chi connectivity index (χ3v) is 1.41. The lowest BCUT2D eigenvalue weighted by molar-refractivity contribution is -0.129. The summed E-state index contributed by atoms with van der Waals surface area (Å²) in [5.41, 5.74) is 0. The lowest BCUT2D eigenvalue weighted by Gasteiger charge is -1.93. The van der Waals surface area contributed by atoms with E-state index in [4.69, 9.17) is 0 Å². The fraction of sp³-hybridized carbons (Fsp3) is 0.750. The van der Waals surface area contributed by atoms with Gasteiger partial charge in [-0.3, -0.25) is 9.59 Å². The molecule has 0 N–H and O–H groups in total. The van der Waals surface area contributed by atoms with Crippen molar-refractivity contribution >= 4 is 12.1 Å². The standard InChI is InChI=1S/C8H14O2/c1-2-3-4-5-6-8(10)7-9/h7H,2-6H2,1H3. The first kappa shape index (κ1) is 9.34. The second kappa shape index (κ2) is 6.46. The molecule has 2 heteroatoms. The summed E-state index contributed by atoms with van der Waals surface area (Å²) < 4.78 is 0. The number of rotatable bonds is 6. The highest BCUT2D eigenvalue weighted by atomic mass is 16.2. The minimum atomic E-state index is -0.267. The number of ketones is 1. The van der Waals surface area contributed by atoms with Crippen LogP contribution in [0.3, 0.4) is 0 Å². The number of hydrogen-bond acceptors (Lipinski definition) is 2. The summed E-state index contributed by atoms with van der Waals surface area (Å²) in [5, 5.41) is 0. The highest BCUT2D eigenvalue weighted by molar-refractivity contribution is 6.24. The van der Waals surface area contributed by atoms with Crippen molar-refractivity contribution in [2.24, 2.45) is 0 Å². The molecule has 10 heavy (non-hydrogen) atoms. The molecule has 0 aromatic rings. The highest BCUT2D eigenvalue weighted by Crippen LogP contribution is 2.01. The zero-order chi connectivity index (χ0) is 7.82. The Morgan fingerprint density at radius 2 is 2.00 bits per heavy atom. The largest absolute Gasteiger partial charge is 0.295 e. The first-order valence-corrected chi connectivity index (χ1v) is 3.79. The molecule has 0 heterocycles. The Morgan fingerprint density at radius 1 is 1.30 bits per heavy atom. The Bertz CT molecular complexity index is 108. The van der Waals surface area contributed by atoms with E-state index < -0.39 is 0 Å². The van der Waals surface area contributed by atoms with Gasteiger partial charge in [0, 0.05) is 6.42 Å². The first-order valence-electron chi connectivity index (χ1n) is 3.79. The third-order valence-electron chi connectivity index (χ3n) is 1.41. The summed E-state index contributed by atoms with van der Waals surface area (Å²) >= 11 is 0. The molecule has 0 radical (unpaired) electrons. The molecule has 0 amide bonds. The molecule has 0 atom stereocenters. The maximum Gasteiger partial charge on any atom is 0.195 e. The summed E-state index contributed by atoms with van der Waals surface area (Å²) in [7, 11) is 0. The number of hydrogen-bond donors (Lipinski definition) is 0. The number of carbonyl (C=O) groups excluding carboxylic acids is 2. The molecule has 0 rings (SSSR count). The summed E-state index contributed by atoms with van der Waals surface area (Å²) in [6.45, 7) is 2.11. The minimum absolute atomic E-state index is 0.267. The van der Waals surface area contributed by atoms with Gasteiger partial charge >= 0.3 is 0 Å². The van der Waals surface area contributed by atoms with Crippen LogP contribution in [0.4, 0.5) is 0 Å². The number of carbonyl (C=O) groups is 2. The highest BCUT2D eigenvalue weighted by Gasteiger charge is 1.96.